The van der Waals surface area contributed by atoms with Crippen molar-refractivity contribution in [2.24, 2.45) is 0 Å². The first kappa shape index (κ1) is 17.7. The van der Waals surface area contributed by atoms with Crippen LogP contribution in [-0.2, 0) is 13.0 Å². The van der Waals surface area contributed by atoms with Crippen molar-refractivity contribution in [3.63, 3.8) is 0 Å². The summed E-state index contributed by atoms with van der Waals surface area (Å²) in [6.45, 7) is 0.548. The molecule has 0 fully saturated rings. The number of ether oxygens (including phenoxy) is 2. The SMILES string of the molecule is COc1cc(Cc2cnc(N)nc2N)c2cc(Cn3ccnc3)oc2c1OC. The molecule has 0 aliphatic rings. The van der Waals surface area contributed by atoms with Crippen LogP contribution in [-0.4, -0.2) is 33.7 Å². The Morgan fingerprint density at radius 2 is 2.00 bits per heavy atom. The number of imidazole rings is 1. The first-order chi connectivity index (χ1) is 13.6. The Kier molecular flexibility index (Phi) is 4.48. The monoisotopic (exact) mass is 380 g/mol. The normalized spacial score (nSPS) is 11.1. The van der Waals surface area contributed by atoms with E-state index in [-0.39, 0.29) is 5.95 Å². The molecule has 0 spiro atoms. The van der Waals surface area contributed by atoms with E-state index in [0.717, 1.165) is 22.3 Å². The topological polar surface area (TPSA) is 127 Å². The summed E-state index contributed by atoms with van der Waals surface area (Å²) >= 11 is 0. The summed E-state index contributed by atoms with van der Waals surface area (Å²) in [7, 11) is 3.17. The van der Waals surface area contributed by atoms with Gasteiger partial charge in [0, 0.05) is 36.0 Å². The smallest absolute Gasteiger partial charge is 0.221 e. The zero-order valence-electron chi connectivity index (χ0n) is 15.5. The summed E-state index contributed by atoms with van der Waals surface area (Å²) in [6, 6.07) is 3.90. The van der Waals surface area contributed by atoms with Crippen molar-refractivity contribution >= 4 is 22.7 Å². The number of rotatable bonds is 6. The number of methoxy groups -OCH3 is 2. The highest BCUT2D eigenvalue weighted by atomic mass is 16.5. The van der Waals surface area contributed by atoms with Gasteiger partial charge >= 0.3 is 0 Å². The van der Waals surface area contributed by atoms with E-state index in [9.17, 15) is 0 Å². The molecular weight excluding hydrogens is 360 g/mol. The third-order valence-electron chi connectivity index (χ3n) is 4.48. The minimum absolute atomic E-state index is 0.143. The second-order valence-electron chi connectivity index (χ2n) is 6.28. The lowest BCUT2D eigenvalue weighted by atomic mass is 10.0. The molecule has 0 saturated carbocycles. The molecule has 9 heteroatoms. The van der Waals surface area contributed by atoms with Crippen LogP contribution in [0.1, 0.15) is 16.9 Å². The Morgan fingerprint density at radius 3 is 2.68 bits per heavy atom. The molecule has 1 aromatic carbocycles. The van der Waals surface area contributed by atoms with Crippen LogP contribution in [0.4, 0.5) is 11.8 Å². The van der Waals surface area contributed by atoms with Crippen molar-refractivity contribution in [3.8, 4) is 11.5 Å². The standard InChI is InChI=1S/C19H20N6O3/c1-26-15-6-11(5-12-8-23-19(21)24-18(12)20)14-7-13(9-25-4-3-22-10-25)28-16(14)17(15)27-2/h3-4,6-8,10H,5,9H2,1-2H3,(H4,20,21,23,24). The van der Waals surface area contributed by atoms with E-state index in [0.29, 0.717) is 35.9 Å². The largest absolute Gasteiger partial charge is 0.493 e. The summed E-state index contributed by atoms with van der Waals surface area (Å²) in [6.07, 6.45) is 7.46. The van der Waals surface area contributed by atoms with Gasteiger partial charge in [0.2, 0.25) is 11.7 Å². The quantitative estimate of drug-likeness (QED) is 0.521. The highest BCUT2D eigenvalue weighted by molar-refractivity contribution is 5.90. The molecule has 4 N–H and O–H groups in total. The molecule has 4 rings (SSSR count). The molecule has 0 aliphatic heterocycles. The minimum Gasteiger partial charge on any atom is -0.493 e. The lowest BCUT2D eigenvalue weighted by molar-refractivity contribution is 0.352. The number of furan rings is 1. The van der Waals surface area contributed by atoms with Gasteiger partial charge in [0.05, 0.1) is 27.1 Å². The van der Waals surface area contributed by atoms with Gasteiger partial charge in [-0.2, -0.15) is 4.98 Å². The van der Waals surface area contributed by atoms with Crippen LogP contribution in [0.5, 0.6) is 11.5 Å². The van der Waals surface area contributed by atoms with E-state index >= 15 is 0 Å². The van der Waals surface area contributed by atoms with Gasteiger partial charge in [-0.05, 0) is 17.7 Å². The van der Waals surface area contributed by atoms with Crippen LogP contribution in [0.15, 0.2) is 41.5 Å². The maximum Gasteiger partial charge on any atom is 0.221 e. The molecule has 28 heavy (non-hydrogen) atoms. The number of fused-ring (bicyclic) bond motifs is 1. The number of benzene rings is 1. The third kappa shape index (κ3) is 3.18. The molecule has 3 heterocycles. The number of nitrogen functional groups attached to an aromatic ring is 2. The lowest BCUT2D eigenvalue weighted by Gasteiger charge is -2.12. The number of anilines is 2. The molecular formula is C19H20N6O3. The molecule has 0 aliphatic carbocycles. The molecule has 0 amide bonds. The first-order valence-electron chi connectivity index (χ1n) is 8.58. The predicted octanol–water partition coefficient (Wildman–Crippen LogP) is 2.24. The minimum atomic E-state index is 0.143. The molecule has 0 bridgehead atoms. The summed E-state index contributed by atoms with van der Waals surface area (Å²) in [5.41, 5.74) is 13.9. The number of hydrogen-bond donors (Lipinski definition) is 2. The van der Waals surface area contributed by atoms with Crippen molar-refractivity contribution < 1.29 is 13.9 Å². The fourth-order valence-electron chi connectivity index (χ4n) is 3.17. The summed E-state index contributed by atoms with van der Waals surface area (Å²) in [5.74, 6) is 2.37. The van der Waals surface area contributed by atoms with Gasteiger partial charge < -0.3 is 29.9 Å². The van der Waals surface area contributed by atoms with Gasteiger partial charge in [0.15, 0.2) is 11.3 Å². The molecule has 0 unspecified atom stereocenters. The fraction of sp³-hybridized carbons (Fsp3) is 0.211. The van der Waals surface area contributed by atoms with Gasteiger partial charge in [-0.25, -0.2) is 9.97 Å². The van der Waals surface area contributed by atoms with Crippen molar-refractivity contribution in [2.75, 3.05) is 25.7 Å². The number of nitrogens with two attached hydrogens (primary N) is 2. The third-order valence-corrected chi connectivity index (χ3v) is 4.48. The average molecular weight is 380 g/mol. The predicted molar refractivity (Wildman–Crippen MR) is 104 cm³/mol. The molecule has 144 valence electrons. The highest BCUT2D eigenvalue weighted by Gasteiger charge is 2.19. The molecule has 0 atom stereocenters. The average Bonchev–Trinajstić information content (AvgIpc) is 3.33. The Morgan fingerprint density at radius 1 is 1.14 bits per heavy atom. The van der Waals surface area contributed by atoms with E-state index in [4.69, 9.17) is 25.4 Å². The van der Waals surface area contributed by atoms with E-state index in [2.05, 4.69) is 15.0 Å². The lowest BCUT2D eigenvalue weighted by Crippen LogP contribution is -2.04. The van der Waals surface area contributed by atoms with Gasteiger partial charge in [0.25, 0.3) is 0 Å². The molecule has 0 saturated heterocycles. The van der Waals surface area contributed by atoms with Crippen LogP contribution in [0.25, 0.3) is 11.0 Å². The van der Waals surface area contributed by atoms with Crippen LogP contribution in [0.3, 0.4) is 0 Å². The summed E-state index contributed by atoms with van der Waals surface area (Å²) < 4.78 is 19.1. The summed E-state index contributed by atoms with van der Waals surface area (Å²) in [5, 5.41) is 0.906. The van der Waals surface area contributed by atoms with Gasteiger partial charge in [-0.1, -0.05) is 0 Å². The number of aromatic nitrogens is 4. The van der Waals surface area contributed by atoms with Crippen molar-refractivity contribution in [2.45, 2.75) is 13.0 Å². The second kappa shape index (κ2) is 7.10. The molecule has 3 aromatic heterocycles. The Balaban J connectivity index is 1.83. The van der Waals surface area contributed by atoms with Crippen molar-refractivity contribution in [3.05, 3.63) is 53.9 Å². The second-order valence-corrected chi connectivity index (χ2v) is 6.28. The number of hydrogen-bond acceptors (Lipinski definition) is 8. The van der Waals surface area contributed by atoms with Crippen LogP contribution >= 0.6 is 0 Å². The highest BCUT2D eigenvalue weighted by Crippen LogP contribution is 2.40. The van der Waals surface area contributed by atoms with E-state index in [1.807, 2.05) is 22.9 Å². The Bertz CT molecular complexity index is 1120. The van der Waals surface area contributed by atoms with Crippen LogP contribution in [0, 0.1) is 0 Å². The Hall–Kier alpha value is -3.75. The molecule has 9 nitrogen and oxygen atoms in total. The first-order valence-corrected chi connectivity index (χ1v) is 8.58. The van der Waals surface area contributed by atoms with E-state index < -0.39 is 0 Å². The van der Waals surface area contributed by atoms with Crippen LogP contribution in [0.2, 0.25) is 0 Å². The van der Waals surface area contributed by atoms with E-state index in [1.54, 1.807) is 32.9 Å². The van der Waals surface area contributed by atoms with Crippen LogP contribution < -0.4 is 20.9 Å². The van der Waals surface area contributed by atoms with E-state index in [1.165, 1.54) is 0 Å². The summed E-state index contributed by atoms with van der Waals surface area (Å²) in [4.78, 5) is 12.1. The van der Waals surface area contributed by atoms with Gasteiger partial charge in [-0.3, -0.25) is 0 Å². The maximum absolute atomic E-state index is 6.10. The fourth-order valence-corrected chi connectivity index (χ4v) is 3.17. The van der Waals surface area contributed by atoms with Crippen molar-refractivity contribution in [1.82, 2.24) is 19.5 Å². The zero-order valence-corrected chi connectivity index (χ0v) is 15.5. The Labute approximate surface area is 160 Å². The molecule has 4 aromatic rings. The van der Waals surface area contributed by atoms with Gasteiger partial charge in [-0.15, -0.1) is 0 Å². The molecule has 0 radical (unpaired) electrons. The van der Waals surface area contributed by atoms with Crippen molar-refractivity contribution in [1.29, 1.82) is 0 Å². The number of nitrogens with zero attached hydrogens (tertiary/aromatic N) is 4. The zero-order chi connectivity index (χ0) is 19.7. The maximum atomic E-state index is 6.10. The van der Waals surface area contributed by atoms with Gasteiger partial charge in [0.1, 0.15) is 11.6 Å².